The monoisotopic (exact) mass is 288 g/mol. The second-order valence-electron chi connectivity index (χ2n) is 4.50. The van der Waals surface area contributed by atoms with Crippen molar-refractivity contribution in [2.75, 3.05) is 10.6 Å². The van der Waals surface area contributed by atoms with Crippen molar-refractivity contribution in [1.82, 2.24) is 0 Å². The maximum absolute atomic E-state index is 11.6. The summed E-state index contributed by atoms with van der Waals surface area (Å²) in [5, 5.41) is 14.2. The molecule has 0 aliphatic carbocycles. The van der Waals surface area contributed by atoms with Gasteiger partial charge in [-0.15, -0.1) is 0 Å². The Morgan fingerprint density at radius 3 is 1.62 bits per heavy atom. The third kappa shape index (κ3) is 4.04. The van der Waals surface area contributed by atoms with E-state index in [-0.39, 0.29) is 28.1 Å². The standard InChI is InChI=1S/C15H16N2O4/c1-8(2)13(18)16-10-6-5-7-11(12(10)15(20)21)17-14(19)9(3)4/h5-7H,1,3H2,2,4H3,(H,16,18)(H,17,19)(H,20,21). The van der Waals surface area contributed by atoms with Crippen LogP contribution >= 0.6 is 0 Å². The molecule has 0 saturated heterocycles. The topological polar surface area (TPSA) is 95.5 Å². The highest BCUT2D eigenvalue weighted by molar-refractivity contribution is 6.12. The van der Waals surface area contributed by atoms with E-state index in [1.165, 1.54) is 32.0 Å². The average molecular weight is 288 g/mol. The first kappa shape index (κ1) is 16.2. The Labute approximate surface area is 122 Å². The van der Waals surface area contributed by atoms with Crippen LogP contribution in [0.5, 0.6) is 0 Å². The number of carboxylic acids is 1. The Morgan fingerprint density at radius 2 is 1.33 bits per heavy atom. The van der Waals surface area contributed by atoms with Crippen molar-refractivity contribution < 1.29 is 19.5 Å². The molecule has 0 aliphatic heterocycles. The summed E-state index contributed by atoms with van der Waals surface area (Å²) in [6.45, 7) is 9.96. The number of benzene rings is 1. The molecule has 0 aliphatic rings. The first-order chi connectivity index (χ1) is 9.73. The van der Waals surface area contributed by atoms with Crippen LogP contribution in [-0.2, 0) is 9.59 Å². The third-order valence-corrected chi connectivity index (χ3v) is 2.55. The molecule has 1 aromatic rings. The van der Waals surface area contributed by atoms with E-state index >= 15 is 0 Å². The number of anilines is 2. The number of amides is 2. The minimum absolute atomic E-state index is 0.0787. The molecule has 0 aromatic heterocycles. The van der Waals surface area contributed by atoms with E-state index in [0.717, 1.165) is 0 Å². The zero-order chi connectivity index (χ0) is 16.2. The maximum atomic E-state index is 11.6. The Bertz CT molecular complexity index is 601. The third-order valence-electron chi connectivity index (χ3n) is 2.55. The summed E-state index contributed by atoms with van der Waals surface area (Å²) < 4.78 is 0. The van der Waals surface area contributed by atoms with Gasteiger partial charge in [0.25, 0.3) is 11.8 Å². The largest absolute Gasteiger partial charge is 0.478 e. The molecule has 6 nitrogen and oxygen atoms in total. The van der Waals surface area contributed by atoms with Crippen molar-refractivity contribution in [2.24, 2.45) is 0 Å². The van der Waals surface area contributed by atoms with E-state index in [9.17, 15) is 19.5 Å². The van der Waals surface area contributed by atoms with Gasteiger partial charge >= 0.3 is 5.97 Å². The van der Waals surface area contributed by atoms with Gasteiger partial charge in [-0.1, -0.05) is 19.2 Å². The fraction of sp³-hybridized carbons (Fsp3) is 0.133. The lowest BCUT2D eigenvalue weighted by Gasteiger charge is -2.13. The Kier molecular flexibility index (Phi) is 5.01. The first-order valence-corrected chi connectivity index (χ1v) is 6.04. The van der Waals surface area contributed by atoms with Crippen molar-refractivity contribution in [3.05, 3.63) is 48.1 Å². The molecule has 0 radical (unpaired) electrons. The van der Waals surface area contributed by atoms with Gasteiger partial charge in [-0.3, -0.25) is 9.59 Å². The fourth-order valence-electron chi connectivity index (χ4n) is 1.45. The van der Waals surface area contributed by atoms with Crippen molar-refractivity contribution in [3.8, 4) is 0 Å². The molecule has 0 spiro atoms. The molecule has 2 amide bonds. The van der Waals surface area contributed by atoms with E-state index < -0.39 is 17.8 Å². The molecule has 1 rings (SSSR count). The highest BCUT2D eigenvalue weighted by Gasteiger charge is 2.18. The Morgan fingerprint density at radius 1 is 0.952 bits per heavy atom. The maximum Gasteiger partial charge on any atom is 0.339 e. The summed E-state index contributed by atoms with van der Waals surface area (Å²) in [6, 6.07) is 4.38. The van der Waals surface area contributed by atoms with Gasteiger partial charge in [0.1, 0.15) is 5.56 Å². The van der Waals surface area contributed by atoms with Gasteiger partial charge in [-0.05, 0) is 26.0 Å². The molecular formula is C15H16N2O4. The number of carbonyl (C=O) groups excluding carboxylic acids is 2. The van der Waals surface area contributed by atoms with Gasteiger partial charge < -0.3 is 15.7 Å². The van der Waals surface area contributed by atoms with Crippen LogP contribution in [0.1, 0.15) is 24.2 Å². The van der Waals surface area contributed by atoms with Crippen LogP contribution in [0, 0.1) is 0 Å². The van der Waals surface area contributed by atoms with E-state index in [1.807, 2.05) is 0 Å². The number of carbonyl (C=O) groups is 3. The summed E-state index contributed by atoms with van der Waals surface area (Å²) in [6.07, 6.45) is 0. The van der Waals surface area contributed by atoms with Crippen molar-refractivity contribution in [2.45, 2.75) is 13.8 Å². The zero-order valence-electron chi connectivity index (χ0n) is 11.8. The van der Waals surface area contributed by atoms with Crippen molar-refractivity contribution in [1.29, 1.82) is 0 Å². The molecule has 0 atom stereocenters. The van der Waals surface area contributed by atoms with Gasteiger partial charge in [0.05, 0.1) is 11.4 Å². The first-order valence-electron chi connectivity index (χ1n) is 6.04. The average Bonchev–Trinajstić information content (AvgIpc) is 2.38. The minimum Gasteiger partial charge on any atom is -0.478 e. The summed E-state index contributed by atoms with van der Waals surface area (Å²) in [5.74, 6) is -2.27. The normalized spacial score (nSPS) is 9.62. The predicted octanol–water partition coefficient (Wildman–Crippen LogP) is 2.41. The number of rotatable bonds is 5. The quantitative estimate of drug-likeness (QED) is 0.725. The van der Waals surface area contributed by atoms with Gasteiger partial charge in [-0.2, -0.15) is 0 Å². The molecule has 0 unspecified atom stereocenters. The smallest absolute Gasteiger partial charge is 0.339 e. The lowest BCUT2D eigenvalue weighted by atomic mass is 10.1. The van der Waals surface area contributed by atoms with Crippen LogP contribution in [0.15, 0.2) is 42.5 Å². The molecule has 6 heteroatoms. The number of aromatic carboxylic acids is 1. The molecule has 21 heavy (non-hydrogen) atoms. The highest BCUT2D eigenvalue weighted by Crippen LogP contribution is 2.25. The number of hydrogen-bond donors (Lipinski definition) is 3. The molecule has 0 fully saturated rings. The lowest BCUT2D eigenvalue weighted by molar-refractivity contribution is -0.113. The number of carboxylic acid groups (broad SMARTS) is 1. The van der Waals surface area contributed by atoms with Gasteiger partial charge in [0.15, 0.2) is 0 Å². The molecule has 3 N–H and O–H groups in total. The number of nitrogens with one attached hydrogen (secondary N) is 2. The Hall–Kier alpha value is -2.89. The molecule has 0 bridgehead atoms. The molecular weight excluding hydrogens is 272 g/mol. The van der Waals surface area contributed by atoms with E-state index in [1.54, 1.807) is 0 Å². The van der Waals surface area contributed by atoms with E-state index in [0.29, 0.717) is 0 Å². The van der Waals surface area contributed by atoms with Crippen molar-refractivity contribution >= 4 is 29.2 Å². The Balaban J connectivity index is 3.24. The van der Waals surface area contributed by atoms with Crippen LogP contribution in [0.4, 0.5) is 11.4 Å². The van der Waals surface area contributed by atoms with Crippen molar-refractivity contribution in [3.63, 3.8) is 0 Å². The molecule has 0 heterocycles. The SMILES string of the molecule is C=C(C)C(=O)Nc1cccc(NC(=O)C(=C)C)c1C(=O)O. The van der Waals surface area contributed by atoms with Crippen LogP contribution in [0.25, 0.3) is 0 Å². The van der Waals surface area contributed by atoms with E-state index in [4.69, 9.17) is 0 Å². The highest BCUT2D eigenvalue weighted by atomic mass is 16.4. The fourth-order valence-corrected chi connectivity index (χ4v) is 1.45. The second-order valence-corrected chi connectivity index (χ2v) is 4.50. The predicted molar refractivity (Wildman–Crippen MR) is 80.3 cm³/mol. The van der Waals surface area contributed by atoms with Crippen LogP contribution in [0.3, 0.4) is 0 Å². The van der Waals surface area contributed by atoms with Crippen LogP contribution in [-0.4, -0.2) is 22.9 Å². The lowest BCUT2D eigenvalue weighted by Crippen LogP contribution is -2.18. The van der Waals surface area contributed by atoms with Crippen LogP contribution in [0.2, 0.25) is 0 Å². The van der Waals surface area contributed by atoms with Crippen LogP contribution < -0.4 is 10.6 Å². The van der Waals surface area contributed by atoms with E-state index in [2.05, 4.69) is 23.8 Å². The van der Waals surface area contributed by atoms with Gasteiger partial charge in [0, 0.05) is 11.1 Å². The van der Waals surface area contributed by atoms with Gasteiger partial charge in [-0.25, -0.2) is 4.79 Å². The van der Waals surface area contributed by atoms with Gasteiger partial charge in [0.2, 0.25) is 0 Å². The zero-order valence-corrected chi connectivity index (χ0v) is 11.8. The minimum atomic E-state index is -1.27. The molecule has 0 saturated carbocycles. The summed E-state index contributed by atoms with van der Waals surface area (Å²) in [4.78, 5) is 34.6. The molecule has 1 aromatic carbocycles. The second kappa shape index (κ2) is 6.51. The number of hydrogen-bond acceptors (Lipinski definition) is 3. The summed E-state index contributed by atoms with van der Waals surface area (Å²) in [5.41, 5.74) is 0.428. The summed E-state index contributed by atoms with van der Waals surface area (Å²) >= 11 is 0. The molecule has 110 valence electrons. The summed E-state index contributed by atoms with van der Waals surface area (Å²) in [7, 11) is 0.